The largest absolute Gasteiger partial charge is 0.351 e. The molecule has 0 spiro atoms. The predicted molar refractivity (Wildman–Crippen MR) is 83.8 cm³/mol. The van der Waals surface area contributed by atoms with Crippen molar-refractivity contribution < 1.29 is 13.8 Å². The van der Waals surface area contributed by atoms with Gasteiger partial charge in [-0.15, -0.1) is 0 Å². The minimum absolute atomic E-state index is 0.214. The molecule has 0 aromatic carbocycles. The van der Waals surface area contributed by atoms with E-state index in [9.17, 15) is 4.79 Å². The minimum Gasteiger partial charge on any atom is -0.351 e. The van der Waals surface area contributed by atoms with Gasteiger partial charge in [0.1, 0.15) is 0 Å². The van der Waals surface area contributed by atoms with Crippen LogP contribution in [0.25, 0.3) is 0 Å². The lowest BCUT2D eigenvalue weighted by Gasteiger charge is -2.16. The molecule has 0 unspecified atom stereocenters. The molecule has 0 aliphatic heterocycles. The molecule has 0 bridgehead atoms. The second-order valence-corrected chi connectivity index (χ2v) is 6.29. The highest BCUT2D eigenvalue weighted by molar-refractivity contribution is 5.91. The van der Waals surface area contributed by atoms with E-state index in [4.69, 9.17) is 9.05 Å². The Morgan fingerprint density at radius 3 is 2.52 bits per heavy atom. The molecule has 0 saturated heterocycles. The Balaban J connectivity index is 2.06. The summed E-state index contributed by atoms with van der Waals surface area (Å²) in [6, 6.07) is 1.69. The average Bonchev–Trinajstić information content (AvgIpc) is 3.12. The standard InChI is InChI=1S/C16H24N4O3/c1-6-20(9-14-17-15(23-19-14)7-10(2)3)16(21)13-8-12(11(4)5)18-22-13/h8,10-11H,6-7,9H2,1-5H3. The van der Waals surface area contributed by atoms with Crippen LogP contribution in [0.5, 0.6) is 0 Å². The van der Waals surface area contributed by atoms with E-state index in [2.05, 4.69) is 29.1 Å². The molecule has 0 aliphatic carbocycles. The van der Waals surface area contributed by atoms with Gasteiger partial charge in [-0.25, -0.2) is 0 Å². The molecule has 2 aromatic heterocycles. The Morgan fingerprint density at radius 2 is 1.96 bits per heavy atom. The summed E-state index contributed by atoms with van der Waals surface area (Å²) in [5, 5.41) is 7.87. The lowest BCUT2D eigenvalue weighted by molar-refractivity contribution is 0.0705. The van der Waals surface area contributed by atoms with E-state index >= 15 is 0 Å². The van der Waals surface area contributed by atoms with Gasteiger partial charge < -0.3 is 13.9 Å². The summed E-state index contributed by atoms with van der Waals surface area (Å²) < 4.78 is 10.4. The van der Waals surface area contributed by atoms with Crippen LogP contribution in [0.15, 0.2) is 15.1 Å². The first-order valence-electron chi connectivity index (χ1n) is 7.98. The van der Waals surface area contributed by atoms with Gasteiger partial charge in [0, 0.05) is 19.0 Å². The van der Waals surface area contributed by atoms with E-state index < -0.39 is 0 Å². The van der Waals surface area contributed by atoms with E-state index in [-0.39, 0.29) is 24.1 Å². The van der Waals surface area contributed by atoms with Crippen LogP contribution in [-0.2, 0) is 13.0 Å². The summed E-state index contributed by atoms with van der Waals surface area (Å²) >= 11 is 0. The molecule has 2 rings (SSSR count). The van der Waals surface area contributed by atoms with E-state index in [0.717, 1.165) is 12.1 Å². The Labute approximate surface area is 136 Å². The predicted octanol–water partition coefficient (Wildman–Crippen LogP) is 3.04. The number of aromatic nitrogens is 3. The van der Waals surface area contributed by atoms with Gasteiger partial charge in [0.2, 0.25) is 11.7 Å². The maximum Gasteiger partial charge on any atom is 0.292 e. The number of hydrogen-bond donors (Lipinski definition) is 0. The second kappa shape index (κ2) is 7.39. The van der Waals surface area contributed by atoms with E-state index in [1.54, 1.807) is 11.0 Å². The lowest BCUT2D eigenvalue weighted by Crippen LogP contribution is -2.30. The van der Waals surface area contributed by atoms with E-state index in [1.165, 1.54) is 0 Å². The van der Waals surface area contributed by atoms with Crippen molar-refractivity contribution in [2.24, 2.45) is 5.92 Å². The molecule has 0 aliphatic rings. The van der Waals surface area contributed by atoms with Crippen molar-refractivity contribution in [3.8, 4) is 0 Å². The molecule has 0 N–H and O–H groups in total. The molecule has 126 valence electrons. The monoisotopic (exact) mass is 320 g/mol. The molecule has 2 aromatic rings. The van der Waals surface area contributed by atoms with Gasteiger partial charge in [-0.3, -0.25) is 4.79 Å². The lowest BCUT2D eigenvalue weighted by atomic mass is 10.1. The summed E-state index contributed by atoms with van der Waals surface area (Å²) in [4.78, 5) is 18.4. The van der Waals surface area contributed by atoms with Crippen LogP contribution in [0.3, 0.4) is 0 Å². The quantitative estimate of drug-likeness (QED) is 0.779. The fourth-order valence-corrected chi connectivity index (χ4v) is 2.10. The summed E-state index contributed by atoms with van der Waals surface area (Å²) in [7, 11) is 0. The first kappa shape index (κ1) is 17.2. The number of amides is 1. The summed E-state index contributed by atoms with van der Waals surface area (Å²) in [6.07, 6.45) is 0.729. The van der Waals surface area contributed by atoms with Gasteiger partial charge in [-0.2, -0.15) is 4.98 Å². The smallest absolute Gasteiger partial charge is 0.292 e. The highest BCUT2D eigenvalue weighted by atomic mass is 16.5. The van der Waals surface area contributed by atoms with E-state index in [0.29, 0.717) is 24.2 Å². The molecule has 7 heteroatoms. The second-order valence-electron chi connectivity index (χ2n) is 6.29. The van der Waals surface area contributed by atoms with Crippen LogP contribution in [0.4, 0.5) is 0 Å². The number of carbonyl (C=O) groups excluding carboxylic acids is 1. The third-order valence-electron chi connectivity index (χ3n) is 3.42. The van der Waals surface area contributed by atoms with Crippen molar-refractivity contribution in [3.05, 3.63) is 29.2 Å². The molecule has 2 heterocycles. The van der Waals surface area contributed by atoms with Crippen molar-refractivity contribution in [2.75, 3.05) is 6.54 Å². The molecular formula is C16H24N4O3. The molecule has 7 nitrogen and oxygen atoms in total. The van der Waals surface area contributed by atoms with E-state index in [1.807, 2.05) is 20.8 Å². The fraction of sp³-hybridized carbons (Fsp3) is 0.625. The van der Waals surface area contributed by atoms with Gasteiger partial charge in [-0.05, 0) is 18.8 Å². The third-order valence-corrected chi connectivity index (χ3v) is 3.42. The van der Waals surface area contributed by atoms with Crippen LogP contribution in [0.2, 0.25) is 0 Å². The number of rotatable bonds is 7. The molecule has 0 atom stereocenters. The molecule has 0 saturated carbocycles. The van der Waals surface area contributed by atoms with Crippen LogP contribution in [0.1, 0.15) is 68.5 Å². The highest BCUT2D eigenvalue weighted by Crippen LogP contribution is 2.16. The van der Waals surface area contributed by atoms with Crippen molar-refractivity contribution in [2.45, 2.75) is 53.5 Å². The molecule has 0 fully saturated rings. The van der Waals surface area contributed by atoms with Gasteiger partial charge >= 0.3 is 0 Å². The van der Waals surface area contributed by atoms with Crippen LogP contribution in [-0.4, -0.2) is 32.6 Å². The SMILES string of the molecule is CCN(Cc1noc(CC(C)C)n1)C(=O)c1cc(C(C)C)no1. The van der Waals surface area contributed by atoms with Crippen molar-refractivity contribution in [3.63, 3.8) is 0 Å². The van der Waals surface area contributed by atoms with Crippen LogP contribution < -0.4 is 0 Å². The van der Waals surface area contributed by atoms with Gasteiger partial charge in [0.15, 0.2) is 5.82 Å². The summed E-state index contributed by atoms with van der Waals surface area (Å²) in [5.74, 6) is 1.77. The maximum atomic E-state index is 12.5. The summed E-state index contributed by atoms with van der Waals surface area (Å²) in [5.41, 5.74) is 0.767. The summed E-state index contributed by atoms with van der Waals surface area (Å²) in [6.45, 7) is 10.9. The zero-order valence-corrected chi connectivity index (χ0v) is 14.4. The zero-order valence-electron chi connectivity index (χ0n) is 14.4. The molecule has 23 heavy (non-hydrogen) atoms. The van der Waals surface area contributed by atoms with Crippen molar-refractivity contribution in [1.29, 1.82) is 0 Å². The normalized spacial score (nSPS) is 11.4. The number of carbonyl (C=O) groups is 1. The van der Waals surface area contributed by atoms with Gasteiger partial charge in [0.05, 0.1) is 12.2 Å². The maximum absolute atomic E-state index is 12.5. The Kier molecular flexibility index (Phi) is 5.52. The first-order chi connectivity index (χ1) is 10.9. The zero-order chi connectivity index (χ0) is 17.0. The first-order valence-corrected chi connectivity index (χ1v) is 7.98. The van der Waals surface area contributed by atoms with Gasteiger partial charge in [0.25, 0.3) is 5.91 Å². The van der Waals surface area contributed by atoms with Crippen molar-refractivity contribution in [1.82, 2.24) is 20.2 Å². The molecular weight excluding hydrogens is 296 g/mol. The average molecular weight is 320 g/mol. The van der Waals surface area contributed by atoms with Gasteiger partial charge in [-0.1, -0.05) is 38.0 Å². The fourth-order valence-electron chi connectivity index (χ4n) is 2.10. The highest BCUT2D eigenvalue weighted by Gasteiger charge is 2.22. The Hall–Kier alpha value is -2.18. The Bertz CT molecular complexity index is 645. The minimum atomic E-state index is -0.220. The third kappa shape index (κ3) is 4.40. The molecule has 0 radical (unpaired) electrons. The topological polar surface area (TPSA) is 85.3 Å². The van der Waals surface area contributed by atoms with Crippen LogP contribution in [0, 0.1) is 5.92 Å². The number of hydrogen-bond acceptors (Lipinski definition) is 6. The molecule has 1 amide bonds. The van der Waals surface area contributed by atoms with Crippen LogP contribution >= 0.6 is 0 Å². The number of nitrogens with zero attached hydrogens (tertiary/aromatic N) is 4. The Morgan fingerprint density at radius 1 is 1.22 bits per heavy atom. The van der Waals surface area contributed by atoms with Crippen molar-refractivity contribution >= 4 is 5.91 Å².